The smallest absolute Gasteiger partial charge is 0.226 e. The summed E-state index contributed by atoms with van der Waals surface area (Å²) in [7, 11) is 0. The summed E-state index contributed by atoms with van der Waals surface area (Å²) < 4.78 is 0. The number of carbonyl (C=O) groups is 1. The van der Waals surface area contributed by atoms with Crippen molar-refractivity contribution in [3.63, 3.8) is 0 Å². The largest absolute Gasteiger partial charge is 0.395 e. The van der Waals surface area contributed by atoms with Crippen LogP contribution >= 0.6 is 0 Å². The number of nitrogens with zero attached hydrogens (tertiary/aromatic N) is 1. The van der Waals surface area contributed by atoms with Gasteiger partial charge >= 0.3 is 0 Å². The zero-order valence-corrected chi connectivity index (χ0v) is 12.1. The molecule has 2 rings (SSSR count). The van der Waals surface area contributed by atoms with Gasteiger partial charge in [-0.25, -0.2) is 0 Å². The van der Waals surface area contributed by atoms with Crippen molar-refractivity contribution in [2.24, 2.45) is 5.92 Å². The quantitative estimate of drug-likeness (QED) is 0.839. The molecular formula is C17H25NO2. The Balaban J connectivity index is 2.01. The molecule has 20 heavy (non-hydrogen) atoms. The van der Waals surface area contributed by atoms with Crippen LogP contribution in [0, 0.1) is 5.92 Å². The SMILES string of the molecule is O=C(C1CCCCCC1)N(CCO)Cc1ccccc1. The summed E-state index contributed by atoms with van der Waals surface area (Å²) in [5.74, 6) is 0.387. The van der Waals surface area contributed by atoms with E-state index in [1.807, 2.05) is 35.2 Å². The molecule has 1 aliphatic carbocycles. The van der Waals surface area contributed by atoms with Crippen LogP contribution < -0.4 is 0 Å². The van der Waals surface area contributed by atoms with Gasteiger partial charge in [0.25, 0.3) is 0 Å². The van der Waals surface area contributed by atoms with E-state index in [9.17, 15) is 9.90 Å². The van der Waals surface area contributed by atoms with Crippen LogP contribution in [0.25, 0.3) is 0 Å². The Bertz CT molecular complexity index is 397. The summed E-state index contributed by atoms with van der Waals surface area (Å²) in [6, 6.07) is 10.0. The van der Waals surface area contributed by atoms with Crippen LogP contribution in [0.5, 0.6) is 0 Å². The number of aliphatic hydroxyl groups excluding tert-OH is 1. The minimum Gasteiger partial charge on any atom is -0.395 e. The van der Waals surface area contributed by atoms with E-state index in [0.717, 1.165) is 31.2 Å². The average molecular weight is 275 g/mol. The lowest BCUT2D eigenvalue weighted by molar-refractivity contribution is -0.137. The van der Waals surface area contributed by atoms with Crippen LogP contribution in [-0.4, -0.2) is 29.1 Å². The molecule has 110 valence electrons. The highest BCUT2D eigenvalue weighted by Gasteiger charge is 2.24. The fourth-order valence-corrected chi connectivity index (χ4v) is 2.98. The molecule has 0 aliphatic heterocycles. The predicted octanol–water partition coefficient (Wildman–Crippen LogP) is 2.98. The zero-order chi connectivity index (χ0) is 14.2. The first-order valence-corrected chi connectivity index (χ1v) is 7.75. The highest BCUT2D eigenvalue weighted by molar-refractivity contribution is 5.78. The first kappa shape index (κ1) is 15.0. The minimum atomic E-state index is 0.0330. The van der Waals surface area contributed by atoms with Crippen molar-refractivity contribution in [3.8, 4) is 0 Å². The molecular weight excluding hydrogens is 250 g/mol. The van der Waals surface area contributed by atoms with E-state index in [4.69, 9.17) is 0 Å². The molecule has 0 heterocycles. The number of carbonyl (C=O) groups excluding carboxylic acids is 1. The van der Waals surface area contributed by atoms with Gasteiger partial charge in [-0.15, -0.1) is 0 Å². The fourth-order valence-electron chi connectivity index (χ4n) is 2.98. The molecule has 0 radical (unpaired) electrons. The lowest BCUT2D eigenvalue weighted by Gasteiger charge is -2.26. The van der Waals surface area contributed by atoms with Gasteiger partial charge in [-0.05, 0) is 18.4 Å². The maximum absolute atomic E-state index is 12.7. The summed E-state index contributed by atoms with van der Waals surface area (Å²) in [5, 5.41) is 9.22. The molecule has 0 saturated heterocycles. The van der Waals surface area contributed by atoms with Crippen LogP contribution in [-0.2, 0) is 11.3 Å². The van der Waals surface area contributed by atoms with E-state index in [2.05, 4.69) is 0 Å². The Kier molecular flexibility index (Phi) is 6.06. The maximum atomic E-state index is 12.7. The van der Waals surface area contributed by atoms with E-state index in [-0.39, 0.29) is 18.4 Å². The first-order valence-electron chi connectivity index (χ1n) is 7.75. The van der Waals surface area contributed by atoms with Crippen LogP contribution in [0.2, 0.25) is 0 Å². The van der Waals surface area contributed by atoms with Crippen LogP contribution in [0.4, 0.5) is 0 Å². The second-order valence-electron chi connectivity index (χ2n) is 5.66. The average Bonchev–Trinajstić information content (AvgIpc) is 2.76. The number of rotatable bonds is 5. The molecule has 1 fully saturated rings. The highest BCUT2D eigenvalue weighted by Crippen LogP contribution is 2.25. The lowest BCUT2D eigenvalue weighted by atomic mass is 9.98. The van der Waals surface area contributed by atoms with Gasteiger partial charge in [0.1, 0.15) is 0 Å². The molecule has 1 N–H and O–H groups in total. The topological polar surface area (TPSA) is 40.5 Å². The van der Waals surface area contributed by atoms with Crippen LogP contribution in [0.3, 0.4) is 0 Å². The molecule has 0 aromatic heterocycles. The predicted molar refractivity (Wildman–Crippen MR) is 80.1 cm³/mol. The number of benzene rings is 1. The maximum Gasteiger partial charge on any atom is 0.226 e. The second-order valence-corrected chi connectivity index (χ2v) is 5.66. The monoisotopic (exact) mass is 275 g/mol. The van der Waals surface area contributed by atoms with Crippen molar-refractivity contribution in [2.75, 3.05) is 13.2 Å². The molecule has 1 aliphatic rings. The molecule has 1 aromatic carbocycles. The molecule has 1 saturated carbocycles. The summed E-state index contributed by atoms with van der Waals surface area (Å²) in [6.45, 7) is 1.08. The van der Waals surface area contributed by atoms with E-state index >= 15 is 0 Å². The number of amides is 1. The molecule has 0 atom stereocenters. The Morgan fingerprint density at radius 1 is 1.10 bits per heavy atom. The van der Waals surface area contributed by atoms with Crippen molar-refractivity contribution in [2.45, 2.75) is 45.1 Å². The molecule has 3 heteroatoms. The van der Waals surface area contributed by atoms with Gasteiger partial charge < -0.3 is 10.0 Å². The Hall–Kier alpha value is -1.35. The van der Waals surface area contributed by atoms with Crippen molar-refractivity contribution >= 4 is 5.91 Å². The summed E-state index contributed by atoms with van der Waals surface area (Å²) >= 11 is 0. The van der Waals surface area contributed by atoms with Gasteiger partial charge in [0.05, 0.1) is 6.61 Å². The van der Waals surface area contributed by atoms with Crippen molar-refractivity contribution in [1.82, 2.24) is 4.90 Å². The zero-order valence-electron chi connectivity index (χ0n) is 12.1. The molecule has 0 bridgehead atoms. The Labute approximate surface area is 121 Å². The molecule has 1 aromatic rings. The van der Waals surface area contributed by atoms with E-state index in [1.165, 1.54) is 12.8 Å². The summed E-state index contributed by atoms with van der Waals surface area (Å²) in [4.78, 5) is 14.5. The molecule has 0 spiro atoms. The Morgan fingerprint density at radius 3 is 2.35 bits per heavy atom. The third kappa shape index (κ3) is 4.34. The Morgan fingerprint density at radius 2 is 1.75 bits per heavy atom. The second kappa shape index (κ2) is 8.05. The highest BCUT2D eigenvalue weighted by atomic mass is 16.3. The van der Waals surface area contributed by atoms with Gasteiger partial charge in [-0.1, -0.05) is 56.0 Å². The van der Waals surface area contributed by atoms with Gasteiger partial charge in [0.15, 0.2) is 0 Å². The lowest BCUT2D eigenvalue weighted by Crippen LogP contribution is -2.37. The number of aliphatic hydroxyl groups is 1. The third-order valence-electron chi connectivity index (χ3n) is 4.10. The number of hydrogen-bond donors (Lipinski definition) is 1. The van der Waals surface area contributed by atoms with Crippen molar-refractivity contribution in [3.05, 3.63) is 35.9 Å². The summed E-state index contributed by atoms with van der Waals surface area (Å²) in [5.41, 5.74) is 1.13. The fraction of sp³-hybridized carbons (Fsp3) is 0.588. The molecule has 0 unspecified atom stereocenters. The van der Waals surface area contributed by atoms with E-state index in [0.29, 0.717) is 13.1 Å². The van der Waals surface area contributed by atoms with Gasteiger partial charge in [-0.3, -0.25) is 4.79 Å². The van der Waals surface area contributed by atoms with Crippen molar-refractivity contribution < 1.29 is 9.90 Å². The van der Waals surface area contributed by atoms with Gasteiger partial charge in [0.2, 0.25) is 5.91 Å². The van der Waals surface area contributed by atoms with Crippen LogP contribution in [0.1, 0.15) is 44.1 Å². The molecule has 1 amide bonds. The first-order chi connectivity index (χ1) is 9.81. The molecule has 3 nitrogen and oxygen atoms in total. The minimum absolute atomic E-state index is 0.0330. The van der Waals surface area contributed by atoms with Gasteiger partial charge in [-0.2, -0.15) is 0 Å². The van der Waals surface area contributed by atoms with Crippen LogP contribution in [0.15, 0.2) is 30.3 Å². The summed E-state index contributed by atoms with van der Waals surface area (Å²) in [6.07, 6.45) is 6.85. The van der Waals surface area contributed by atoms with E-state index < -0.39 is 0 Å². The standard InChI is InChI=1S/C17H25NO2/c19-13-12-18(14-15-8-4-3-5-9-15)17(20)16-10-6-1-2-7-11-16/h3-5,8-9,16,19H,1-2,6-7,10-14H2. The number of hydrogen-bond acceptors (Lipinski definition) is 2. The third-order valence-corrected chi connectivity index (χ3v) is 4.10. The normalized spacial score (nSPS) is 16.6. The van der Waals surface area contributed by atoms with E-state index in [1.54, 1.807) is 0 Å². The van der Waals surface area contributed by atoms with Crippen molar-refractivity contribution in [1.29, 1.82) is 0 Å². The van der Waals surface area contributed by atoms with Gasteiger partial charge in [0, 0.05) is 19.0 Å².